The first-order valence-electron chi connectivity index (χ1n) is 8.39. The van der Waals surface area contributed by atoms with Crippen LogP contribution in [0.15, 0.2) is 24.5 Å². The van der Waals surface area contributed by atoms with Crippen LogP contribution in [0.2, 0.25) is 5.02 Å². The Kier molecular flexibility index (Phi) is 3.92. The molecule has 132 valence electrons. The first kappa shape index (κ1) is 16.4. The molecule has 0 aliphatic carbocycles. The Labute approximate surface area is 149 Å². The van der Waals surface area contributed by atoms with Gasteiger partial charge in [-0.05, 0) is 31.4 Å². The molecule has 25 heavy (non-hydrogen) atoms. The Morgan fingerprint density at radius 1 is 1.40 bits per heavy atom. The molecule has 2 aliphatic rings. The second-order valence-corrected chi connectivity index (χ2v) is 7.22. The number of halogens is 1. The molecule has 7 nitrogen and oxygen atoms in total. The molecule has 0 radical (unpaired) electrons. The van der Waals surface area contributed by atoms with Gasteiger partial charge in [-0.3, -0.25) is 9.59 Å². The average Bonchev–Trinajstić information content (AvgIpc) is 3.02. The summed E-state index contributed by atoms with van der Waals surface area (Å²) in [6, 6.07) is 3.46. The minimum Gasteiger partial charge on any atom is -0.392 e. The lowest BCUT2D eigenvalue weighted by molar-refractivity contribution is -0.147. The number of fused-ring (bicyclic) bond motifs is 1. The van der Waals surface area contributed by atoms with Crippen LogP contribution in [-0.2, 0) is 4.79 Å². The highest BCUT2D eigenvalue weighted by Gasteiger charge is 2.50. The number of aliphatic hydroxyl groups excluding tert-OH is 1. The van der Waals surface area contributed by atoms with E-state index >= 15 is 0 Å². The van der Waals surface area contributed by atoms with Gasteiger partial charge in [0, 0.05) is 32.0 Å². The second kappa shape index (κ2) is 6.00. The van der Waals surface area contributed by atoms with Gasteiger partial charge >= 0.3 is 0 Å². The molecular weight excluding hydrogens is 344 g/mol. The van der Waals surface area contributed by atoms with E-state index in [2.05, 4.69) is 10.3 Å². The molecule has 0 aromatic carbocycles. The smallest absolute Gasteiger partial charge is 0.274 e. The van der Waals surface area contributed by atoms with Crippen molar-refractivity contribution in [1.29, 1.82) is 0 Å². The number of carbonyl (C=O) groups excluding carboxylic acids is 2. The van der Waals surface area contributed by atoms with Gasteiger partial charge in [0.15, 0.2) is 0 Å². The normalized spacial score (nSPS) is 26.9. The van der Waals surface area contributed by atoms with Crippen LogP contribution in [0.3, 0.4) is 0 Å². The number of pyridine rings is 1. The quantitative estimate of drug-likeness (QED) is 0.795. The Hall–Kier alpha value is -2.12. The first-order chi connectivity index (χ1) is 12.0. The lowest BCUT2D eigenvalue weighted by atomic mass is 9.71. The standard InChI is InChI=1S/C17H19ClN4O3/c18-11-2-3-14-20-12(9-22(14)8-11)15(24)21-7-4-13(23)17(10-21)5-1-6-19-16(17)25/h2-3,8-9,13,23H,1,4-7,10H2,(H,19,25)/t13-,17+/m0/s1. The van der Waals surface area contributed by atoms with Gasteiger partial charge in [0.2, 0.25) is 5.91 Å². The van der Waals surface area contributed by atoms with E-state index in [1.807, 2.05) is 0 Å². The van der Waals surface area contributed by atoms with Gasteiger partial charge in [-0.1, -0.05) is 11.6 Å². The molecule has 2 aromatic rings. The number of rotatable bonds is 1. The lowest BCUT2D eigenvalue weighted by Crippen LogP contribution is -2.62. The fourth-order valence-electron chi connectivity index (χ4n) is 3.85. The summed E-state index contributed by atoms with van der Waals surface area (Å²) in [5.74, 6) is -0.394. The van der Waals surface area contributed by atoms with Crippen LogP contribution in [0.1, 0.15) is 29.8 Å². The summed E-state index contributed by atoms with van der Waals surface area (Å²) in [6.45, 7) is 1.24. The summed E-state index contributed by atoms with van der Waals surface area (Å²) >= 11 is 5.97. The number of hydrogen-bond acceptors (Lipinski definition) is 4. The zero-order chi connectivity index (χ0) is 17.6. The molecule has 4 rings (SSSR count). The van der Waals surface area contributed by atoms with Crippen LogP contribution in [0.4, 0.5) is 0 Å². The van der Waals surface area contributed by atoms with E-state index in [0.29, 0.717) is 42.3 Å². The van der Waals surface area contributed by atoms with E-state index in [9.17, 15) is 14.7 Å². The van der Waals surface area contributed by atoms with Crippen molar-refractivity contribution in [3.05, 3.63) is 35.2 Å². The molecule has 0 bridgehead atoms. The molecular formula is C17H19ClN4O3. The number of piperidine rings is 2. The van der Waals surface area contributed by atoms with E-state index in [1.165, 1.54) is 0 Å². The summed E-state index contributed by atoms with van der Waals surface area (Å²) in [7, 11) is 0. The molecule has 4 heterocycles. The number of nitrogens with zero attached hydrogens (tertiary/aromatic N) is 3. The number of aromatic nitrogens is 2. The summed E-state index contributed by atoms with van der Waals surface area (Å²) < 4.78 is 1.71. The molecule has 2 aromatic heterocycles. The van der Waals surface area contributed by atoms with Gasteiger partial charge in [-0.25, -0.2) is 4.98 Å². The van der Waals surface area contributed by atoms with Crippen LogP contribution >= 0.6 is 11.6 Å². The van der Waals surface area contributed by atoms with Gasteiger partial charge in [-0.2, -0.15) is 0 Å². The van der Waals surface area contributed by atoms with Crippen LogP contribution in [0, 0.1) is 5.41 Å². The largest absolute Gasteiger partial charge is 0.392 e. The minimum absolute atomic E-state index is 0.162. The number of carbonyl (C=O) groups is 2. The Morgan fingerprint density at radius 3 is 3.04 bits per heavy atom. The Balaban J connectivity index is 1.62. The highest BCUT2D eigenvalue weighted by atomic mass is 35.5. The third kappa shape index (κ3) is 2.67. The van der Waals surface area contributed by atoms with Crippen molar-refractivity contribution in [2.24, 2.45) is 5.41 Å². The number of amides is 2. The van der Waals surface area contributed by atoms with Crippen LogP contribution in [0.25, 0.3) is 5.65 Å². The monoisotopic (exact) mass is 362 g/mol. The average molecular weight is 363 g/mol. The number of hydrogen-bond donors (Lipinski definition) is 2. The molecule has 0 unspecified atom stereocenters. The fourth-order valence-corrected chi connectivity index (χ4v) is 4.01. The topological polar surface area (TPSA) is 86.9 Å². The molecule has 8 heteroatoms. The molecule has 0 saturated carbocycles. The molecule has 2 fully saturated rings. The van der Waals surface area contributed by atoms with Gasteiger partial charge in [0.1, 0.15) is 11.3 Å². The molecule has 2 amide bonds. The van der Waals surface area contributed by atoms with E-state index in [0.717, 1.165) is 6.42 Å². The number of aliphatic hydroxyl groups is 1. The van der Waals surface area contributed by atoms with Crippen molar-refractivity contribution < 1.29 is 14.7 Å². The van der Waals surface area contributed by atoms with Crippen molar-refractivity contribution in [2.75, 3.05) is 19.6 Å². The van der Waals surface area contributed by atoms with Gasteiger partial charge in [0.05, 0.1) is 16.5 Å². The zero-order valence-electron chi connectivity index (χ0n) is 13.6. The number of nitrogens with one attached hydrogen (secondary N) is 1. The van der Waals surface area contributed by atoms with E-state index in [1.54, 1.807) is 33.8 Å². The zero-order valence-corrected chi connectivity index (χ0v) is 14.4. The molecule has 2 saturated heterocycles. The first-order valence-corrected chi connectivity index (χ1v) is 8.77. The third-order valence-electron chi connectivity index (χ3n) is 5.24. The maximum absolute atomic E-state index is 12.9. The van der Waals surface area contributed by atoms with Gasteiger partial charge < -0.3 is 19.7 Å². The van der Waals surface area contributed by atoms with Crippen LogP contribution < -0.4 is 5.32 Å². The van der Waals surface area contributed by atoms with Crippen molar-refractivity contribution in [2.45, 2.75) is 25.4 Å². The minimum atomic E-state index is -0.908. The van der Waals surface area contributed by atoms with Gasteiger partial charge in [-0.15, -0.1) is 0 Å². The predicted octanol–water partition coefficient (Wildman–Crippen LogP) is 1.09. The lowest BCUT2D eigenvalue weighted by Gasteiger charge is -2.46. The summed E-state index contributed by atoms with van der Waals surface area (Å²) in [4.78, 5) is 31.3. The molecule has 2 atom stereocenters. The summed E-state index contributed by atoms with van der Waals surface area (Å²) in [5.41, 5.74) is 0.0363. The van der Waals surface area contributed by atoms with Gasteiger partial charge in [0.25, 0.3) is 5.91 Å². The van der Waals surface area contributed by atoms with E-state index < -0.39 is 11.5 Å². The fraction of sp³-hybridized carbons (Fsp3) is 0.471. The predicted molar refractivity (Wildman–Crippen MR) is 91.4 cm³/mol. The number of likely N-dealkylation sites (tertiary alicyclic amines) is 1. The van der Waals surface area contributed by atoms with Crippen molar-refractivity contribution in [3.8, 4) is 0 Å². The SMILES string of the molecule is O=C(c1cn2cc(Cl)ccc2n1)N1CC[C@H](O)[C@@]2(CCCNC2=O)C1. The second-order valence-electron chi connectivity index (χ2n) is 6.79. The summed E-state index contributed by atoms with van der Waals surface area (Å²) in [5, 5.41) is 13.8. The van der Waals surface area contributed by atoms with Crippen molar-refractivity contribution in [3.63, 3.8) is 0 Å². The van der Waals surface area contributed by atoms with Crippen molar-refractivity contribution >= 4 is 29.1 Å². The maximum atomic E-state index is 12.9. The molecule has 1 spiro atoms. The van der Waals surface area contributed by atoms with E-state index in [-0.39, 0.29) is 18.4 Å². The van der Waals surface area contributed by atoms with Crippen molar-refractivity contribution in [1.82, 2.24) is 19.6 Å². The Bertz CT molecular complexity index is 852. The van der Waals surface area contributed by atoms with Crippen LogP contribution in [0.5, 0.6) is 0 Å². The summed E-state index contributed by atoms with van der Waals surface area (Å²) in [6.07, 6.45) is 4.39. The third-order valence-corrected chi connectivity index (χ3v) is 5.47. The maximum Gasteiger partial charge on any atom is 0.274 e. The highest BCUT2D eigenvalue weighted by molar-refractivity contribution is 6.30. The highest BCUT2D eigenvalue weighted by Crippen LogP contribution is 2.37. The molecule has 2 aliphatic heterocycles. The molecule has 2 N–H and O–H groups in total. The Morgan fingerprint density at radius 2 is 2.24 bits per heavy atom. The van der Waals surface area contributed by atoms with Crippen LogP contribution in [-0.4, -0.2) is 56.9 Å². The van der Waals surface area contributed by atoms with E-state index in [4.69, 9.17) is 11.6 Å². The number of imidazole rings is 1.